The van der Waals surface area contributed by atoms with Crippen LogP contribution in [-0.4, -0.2) is 23.4 Å². The molecule has 2 aliphatic carbocycles. The number of halogens is 1. The standard InChI is InChI=1S/C17H17ClN2O2/c1-9-12(18)3-2-4-13(9)19-8-20-16(21)14-10-5-6-11(7-10)15(14)17(20)22/h2-6,10-11,14-15,19H,7-8H2,1H3/t10-,11+,14-,15+. The minimum absolute atomic E-state index is 0.0287. The molecule has 114 valence electrons. The van der Waals surface area contributed by atoms with Gasteiger partial charge in [-0.15, -0.1) is 0 Å². The number of hydrogen-bond donors (Lipinski definition) is 1. The van der Waals surface area contributed by atoms with Gasteiger partial charge in [-0.1, -0.05) is 29.8 Å². The molecule has 0 aromatic heterocycles. The molecule has 1 N–H and O–H groups in total. The van der Waals surface area contributed by atoms with Gasteiger partial charge in [0, 0.05) is 10.7 Å². The summed E-state index contributed by atoms with van der Waals surface area (Å²) in [5.41, 5.74) is 1.77. The Hall–Kier alpha value is -1.81. The molecule has 1 saturated carbocycles. The van der Waals surface area contributed by atoms with Gasteiger partial charge in [0.15, 0.2) is 0 Å². The normalized spacial score (nSPS) is 32.0. The van der Waals surface area contributed by atoms with Gasteiger partial charge >= 0.3 is 0 Å². The average Bonchev–Trinajstić information content (AvgIpc) is 3.17. The van der Waals surface area contributed by atoms with Crippen molar-refractivity contribution < 1.29 is 9.59 Å². The quantitative estimate of drug-likeness (QED) is 0.689. The molecular weight excluding hydrogens is 300 g/mol. The van der Waals surface area contributed by atoms with E-state index in [2.05, 4.69) is 17.5 Å². The summed E-state index contributed by atoms with van der Waals surface area (Å²) in [5.74, 6) is 0.182. The summed E-state index contributed by atoms with van der Waals surface area (Å²) < 4.78 is 0. The number of anilines is 1. The molecule has 4 nitrogen and oxygen atoms in total. The van der Waals surface area contributed by atoms with Crippen LogP contribution < -0.4 is 5.32 Å². The Morgan fingerprint density at radius 3 is 2.45 bits per heavy atom. The van der Waals surface area contributed by atoms with Crippen molar-refractivity contribution in [3.8, 4) is 0 Å². The van der Waals surface area contributed by atoms with Crippen molar-refractivity contribution in [1.82, 2.24) is 4.90 Å². The highest BCUT2D eigenvalue weighted by atomic mass is 35.5. The average molecular weight is 317 g/mol. The van der Waals surface area contributed by atoms with Crippen LogP contribution in [0.1, 0.15) is 12.0 Å². The van der Waals surface area contributed by atoms with Crippen LogP contribution >= 0.6 is 11.6 Å². The number of benzene rings is 1. The first-order valence-electron chi connectivity index (χ1n) is 7.60. The molecule has 1 aromatic carbocycles. The molecule has 4 atom stereocenters. The van der Waals surface area contributed by atoms with E-state index in [1.54, 1.807) is 0 Å². The lowest BCUT2D eigenvalue weighted by atomic mass is 9.85. The van der Waals surface area contributed by atoms with E-state index < -0.39 is 0 Å². The van der Waals surface area contributed by atoms with Crippen LogP contribution in [0.3, 0.4) is 0 Å². The van der Waals surface area contributed by atoms with E-state index in [9.17, 15) is 9.59 Å². The van der Waals surface area contributed by atoms with Gasteiger partial charge in [-0.2, -0.15) is 0 Å². The number of rotatable bonds is 3. The number of nitrogens with one attached hydrogen (secondary N) is 1. The monoisotopic (exact) mass is 316 g/mol. The number of fused-ring (bicyclic) bond motifs is 5. The maximum atomic E-state index is 12.6. The van der Waals surface area contributed by atoms with Crippen molar-refractivity contribution in [3.63, 3.8) is 0 Å². The van der Waals surface area contributed by atoms with E-state index in [1.807, 2.05) is 25.1 Å². The number of allylic oxidation sites excluding steroid dienone is 2. The molecule has 0 spiro atoms. The fourth-order valence-corrected chi connectivity index (χ4v) is 4.26. The van der Waals surface area contributed by atoms with Gasteiger partial charge in [0.1, 0.15) is 0 Å². The molecule has 4 rings (SSSR count). The second-order valence-electron chi connectivity index (χ2n) is 6.35. The lowest BCUT2D eigenvalue weighted by molar-refractivity contribution is -0.140. The molecule has 0 unspecified atom stereocenters. The molecular formula is C17H17ClN2O2. The molecule has 2 amide bonds. The molecule has 1 aliphatic heterocycles. The zero-order chi connectivity index (χ0) is 15.4. The largest absolute Gasteiger partial charge is 0.367 e. The Morgan fingerprint density at radius 1 is 1.18 bits per heavy atom. The third kappa shape index (κ3) is 1.83. The van der Waals surface area contributed by atoms with Crippen molar-refractivity contribution >= 4 is 29.1 Å². The second-order valence-corrected chi connectivity index (χ2v) is 6.76. The zero-order valence-electron chi connectivity index (χ0n) is 12.3. The topological polar surface area (TPSA) is 49.4 Å². The number of hydrogen-bond acceptors (Lipinski definition) is 3. The first-order chi connectivity index (χ1) is 10.6. The summed E-state index contributed by atoms with van der Waals surface area (Å²) in [6.07, 6.45) is 5.17. The minimum atomic E-state index is -0.134. The van der Waals surface area contributed by atoms with E-state index in [1.165, 1.54) is 4.90 Å². The molecule has 22 heavy (non-hydrogen) atoms. The van der Waals surface area contributed by atoms with E-state index >= 15 is 0 Å². The van der Waals surface area contributed by atoms with Crippen molar-refractivity contribution in [1.29, 1.82) is 0 Å². The van der Waals surface area contributed by atoms with Crippen molar-refractivity contribution in [2.75, 3.05) is 12.0 Å². The summed E-state index contributed by atoms with van der Waals surface area (Å²) in [6, 6.07) is 5.57. The van der Waals surface area contributed by atoms with Gasteiger partial charge in [-0.3, -0.25) is 14.5 Å². The highest BCUT2D eigenvalue weighted by molar-refractivity contribution is 6.31. The smallest absolute Gasteiger partial charge is 0.235 e. The number of likely N-dealkylation sites (tertiary alicyclic amines) is 1. The van der Waals surface area contributed by atoms with Gasteiger partial charge in [0.2, 0.25) is 11.8 Å². The fraction of sp³-hybridized carbons (Fsp3) is 0.412. The van der Waals surface area contributed by atoms with Crippen LogP contribution in [0.4, 0.5) is 5.69 Å². The Morgan fingerprint density at radius 2 is 1.82 bits per heavy atom. The summed E-state index contributed by atoms with van der Waals surface area (Å²) >= 11 is 6.10. The van der Waals surface area contributed by atoms with Crippen LogP contribution in [0.25, 0.3) is 0 Å². The predicted octanol–water partition coefficient (Wildman–Crippen LogP) is 2.82. The highest BCUT2D eigenvalue weighted by Crippen LogP contribution is 2.52. The summed E-state index contributed by atoms with van der Waals surface area (Å²) in [6.45, 7) is 2.13. The van der Waals surface area contributed by atoms with Crippen LogP contribution in [0.15, 0.2) is 30.4 Å². The maximum Gasteiger partial charge on any atom is 0.235 e. The second kappa shape index (κ2) is 4.85. The van der Waals surface area contributed by atoms with Crippen LogP contribution in [-0.2, 0) is 9.59 Å². The third-order valence-electron chi connectivity index (χ3n) is 5.26. The summed E-state index contributed by atoms with van der Waals surface area (Å²) in [7, 11) is 0. The van der Waals surface area contributed by atoms with Gasteiger partial charge in [0.25, 0.3) is 0 Å². The number of carbonyl (C=O) groups is 2. The van der Waals surface area contributed by atoms with Crippen molar-refractivity contribution in [3.05, 3.63) is 40.9 Å². The SMILES string of the molecule is Cc1c(Cl)cccc1NCN1C(=O)[C@@H]2[C@H](C1=O)[C@@H]1C=C[C@H]2C1. The molecule has 1 saturated heterocycles. The first kappa shape index (κ1) is 13.8. The number of amides is 2. The molecule has 1 aromatic rings. The number of carbonyl (C=O) groups excluding carboxylic acids is 2. The van der Waals surface area contributed by atoms with E-state index in [-0.39, 0.29) is 42.2 Å². The Bertz CT molecular complexity index is 670. The molecule has 2 bridgehead atoms. The van der Waals surface area contributed by atoms with Crippen molar-refractivity contribution in [2.45, 2.75) is 13.3 Å². The van der Waals surface area contributed by atoms with Gasteiger partial charge in [0.05, 0.1) is 18.5 Å². The number of imide groups is 1. The molecule has 2 fully saturated rings. The Labute approximate surface area is 134 Å². The van der Waals surface area contributed by atoms with E-state index in [0.717, 1.165) is 17.7 Å². The lowest BCUT2D eigenvalue weighted by Crippen LogP contribution is -2.37. The molecule has 5 heteroatoms. The Balaban J connectivity index is 1.52. The zero-order valence-corrected chi connectivity index (χ0v) is 13.0. The summed E-state index contributed by atoms with van der Waals surface area (Å²) in [5, 5.41) is 3.84. The number of nitrogens with zero attached hydrogens (tertiary/aromatic N) is 1. The van der Waals surface area contributed by atoms with Gasteiger partial charge < -0.3 is 5.32 Å². The van der Waals surface area contributed by atoms with Crippen LogP contribution in [0.2, 0.25) is 5.02 Å². The maximum absolute atomic E-state index is 12.6. The highest BCUT2D eigenvalue weighted by Gasteiger charge is 2.59. The van der Waals surface area contributed by atoms with Crippen LogP contribution in [0.5, 0.6) is 0 Å². The third-order valence-corrected chi connectivity index (χ3v) is 5.67. The minimum Gasteiger partial charge on any atom is -0.367 e. The van der Waals surface area contributed by atoms with E-state index in [0.29, 0.717) is 5.02 Å². The molecule has 3 aliphatic rings. The summed E-state index contributed by atoms with van der Waals surface area (Å²) in [4.78, 5) is 26.5. The Kier molecular flexibility index (Phi) is 3.05. The first-order valence-corrected chi connectivity index (χ1v) is 7.98. The van der Waals surface area contributed by atoms with Crippen molar-refractivity contribution in [2.24, 2.45) is 23.7 Å². The van der Waals surface area contributed by atoms with Gasteiger partial charge in [-0.05, 0) is 42.9 Å². The lowest BCUT2D eigenvalue weighted by Gasteiger charge is -2.19. The van der Waals surface area contributed by atoms with E-state index in [4.69, 9.17) is 11.6 Å². The predicted molar refractivity (Wildman–Crippen MR) is 84.2 cm³/mol. The molecule has 0 radical (unpaired) electrons. The fourth-order valence-electron chi connectivity index (χ4n) is 4.08. The van der Waals surface area contributed by atoms with Gasteiger partial charge in [-0.25, -0.2) is 0 Å². The molecule has 1 heterocycles. The van der Waals surface area contributed by atoms with Crippen LogP contribution in [0, 0.1) is 30.6 Å².